The van der Waals surface area contributed by atoms with Gasteiger partial charge in [0, 0.05) is 18.3 Å². The van der Waals surface area contributed by atoms with Gasteiger partial charge in [-0.05, 0) is 50.7 Å². The number of ether oxygens (including phenoxy) is 1. The molecule has 1 N–H and O–H groups in total. The second-order valence-corrected chi connectivity index (χ2v) is 8.89. The molecule has 0 aliphatic heterocycles. The van der Waals surface area contributed by atoms with Crippen LogP contribution in [-0.4, -0.2) is 25.5 Å². The van der Waals surface area contributed by atoms with Gasteiger partial charge in [0.2, 0.25) is 15.9 Å². The Balaban J connectivity index is 1.49. The normalized spacial score (nSPS) is 20.7. The van der Waals surface area contributed by atoms with E-state index in [1.807, 2.05) is 50.2 Å². The molecule has 1 aromatic heterocycles. The van der Waals surface area contributed by atoms with E-state index in [9.17, 15) is 8.42 Å². The van der Waals surface area contributed by atoms with Crippen molar-refractivity contribution < 1.29 is 13.2 Å². The van der Waals surface area contributed by atoms with Gasteiger partial charge in [0.1, 0.15) is 6.10 Å². The van der Waals surface area contributed by atoms with Crippen molar-refractivity contribution in [2.24, 2.45) is 0 Å². The quantitative estimate of drug-likeness (QED) is 0.840. The molecule has 1 saturated carbocycles. The summed E-state index contributed by atoms with van der Waals surface area (Å²) in [7, 11) is -3.34. The highest BCUT2D eigenvalue weighted by atomic mass is 32.2. The number of nitrogens with one attached hydrogen (secondary N) is 1. The second-order valence-electron chi connectivity index (χ2n) is 7.13. The second kappa shape index (κ2) is 8.18. The summed E-state index contributed by atoms with van der Waals surface area (Å²) < 4.78 is 33.6. The highest BCUT2D eigenvalue weighted by Gasteiger charge is 2.26. The molecule has 0 amide bonds. The minimum Gasteiger partial charge on any atom is -0.474 e. The maximum Gasteiger partial charge on any atom is 0.216 e. The van der Waals surface area contributed by atoms with Crippen LogP contribution in [0.15, 0.2) is 42.6 Å². The number of nitrogens with zero attached hydrogens (tertiary/aromatic N) is 1. The van der Waals surface area contributed by atoms with Gasteiger partial charge in [-0.1, -0.05) is 35.9 Å². The number of benzene rings is 1. The molecule has 1 aliphatic carbocycles. The summed E-state index contributed by atoms with van der Waals surface area (Å²) in [5.74, 6) is 0.664. The first-order chi connectivity index (χ1) is 12.4. The third-order valence-electron chi connectivity index (χ3n) is 4.63. The SMILES string of the molecule is Cc1ccc(OC2CCC(NS(=O)(=O)Cc3cccc(C)c3)CC2)nc1. The standard InChI is InChI=1S/C20H26N2O3S/c1-15-4-3-5-17(12-15)14-26(23,24)22-18-7-9-19(10-8-18)25-20-11-6-16(2)13-21-20/h3-6,11-13,18-19,22H,7-10,14H2,1-2H3. The van der Waals surface area contributed by atoms with Crippen LogP contribution in [0.4, 0.5) is 0 Å². The van der Waals surface area contributed by atoms with E-state index in [0.717, 1.165) is 42.4 Å². The molecule has 1 heterocycles. The summed E-state index contributed by atoms with van der Waals surface area (Å²) >= 11 is 0. The van der Waals surface area contributed by atoms with Crippen LogP contribution in [0.2, 0.25) is 0 Å². The zero-order valence-electron chi connectivity index (χ0n) is 15.3. The van der Waals surface area contributed by atoms with Crippen molar-refractivity contribution in [2.45, 2.75) is 57.4 Å². The third-order valence-corrected chi connectivity index (χ3v) is 6.04. The van der Waals surface area contributed by atoms with Gasteiger partial charge in [0.25, 0.3) is 0 Å². The number of aromatic nitrogens is 1. The molecular weight excluding hydrogens is 348 g/mol. The number of rotatable bonds is 6. The maximum absolute atomic E-state index is 12.4. The van der Waals surface area contributed by atoms with Gasteiger partial charge in [0.05, 0.1) is 5.75 Å². The molecule has 6 heteroatoms. The Kier molecular flexibility index (Phi) is 5.94. The van der Waals surface area contributed by atoms with Gasteiger partial charge in [-0.2, -0.15) is 0 Å². The average molecular weight is 375 g/mol. The smallest absolute Gasteiger partial charge is 0.216 e. The average Bonchev–Trinajstić information content (AvgIpc) is 2.58. The van der Waals surface area contributed by atoms with Crippen molar-refractivity contribution in [3.8, 4) is 5.88 Å². The molecular formula is C20H26N2O3S. The molecule has 3 rings (SSSR count). The van der Waals surface area contributed by atoms with Crippen molar-refractivity contribution >= 4 is 10.0 Å². The van der Waals surface area contributed by atoms with Crippen molar-refractivity contribution in [3.63, 3.8) is 0 Å². The summed E-state index contributed by atoms with van der Waals surface area (Å²) in [5.41, 5.74) is 2.99. The van der Waals surface area contributed by atoms with Crippen LogP contribution >= 0.6 is 0 Å². The summed E-state index contributed by atoms with van der Waals surface area (Å²) in [6.07, 6.45) is 5.11. The van der Waals surface area contributed by atoms with E-state index in [-0.39, 0.29) is 17.9 Å². The van der Waals surface area contributed by atoms with E-state index in [1.54, 1.807) is 6.20 Å². The van der Waals surface area contributed by atoms with Crippen LogP contribution in [0.1, 0.15) is 42.4 Å². The number of pyridine rings is 1. The lowest BCUT2D eigenvalue weighted by atomic mass is 9.94. The summed E-state index contributed by atoms with van der Waals surface area (Å²) in [6, 6.07) is 11.5. The molecule has 26 heavy (non-hydrogen) atoms. The number of hydrogen-bond acceptors (Lipinski definition) is 4. The minimum atomic E-state index is -3.34. The van der Waals surface area contributed by atoms with Crippen molar-refractivity contribution in [3.05, 3.63) is 59.3 Å². The fourth-order valence-corrected chi connectivity index (χ4v) is 4.76. The highest BCUT2D eigenvalue weighted by Crippen LogP contribution is 2.24. The Morgan fingerprint density at radius 3 is 2.50 bits per heavy atom. The van der Waals surface area contributed by atoms with E-state index in [1.165, 1.54) is 0 Å². The Hall–Kier alpha value is -1.92. The topological polar surface area (TPSA) is 68.3 Å². The molecule has 0 unspecified atom stereocenters. The van der Waals surface area contributed by atoms with Crippen LogP contribution in [0.5, 0.6) is 5.88 Å². The van der Waals surface area contributed by atoms with Gasteiger partial charge in [0.15, 0.2) is 0 Å². The van der Waals surface area contributed by atoms with Gasteiger partial charge in [-0.3, -0.25) is 0 Å². The van der Waals surface area contributed by atoms with Crippen LogP contribution in [-0.2, 0) is 15.8 Å². The van der Waals surface area contributed by atoms with Crippen LogP contribution in [0.3, 0.4) is 0 Å². The number of aryl methyl sites for hydroxylation is 2. The first-order valence-corrected chi connectivity index (χ1v) is 10.7. The van der Waals surface area contributed by atoms with Crippen LogP contribution < -0.4 is 9.46 Å². The first-order valence-electron chi connectivity index (χ1n) is 9.04. The first kappa shape index (κ1) is 18.9. The summed E-state index contributed by atoms with van der Waals surface area (Å²) in [4.78, 5) is 4.27. The maximum atomic E-state index is 12.4. The fraction of sp³-hybridized carbons (Fsp3) is 0.450. The molecule has 5 nitrogen and oxygen atoms in total. The lowest BCUT2D eigenvalue weighted by Gasteiger charge is -2.29. The van der Waals surface area contributed by atoms with E-state index in [0.29, 0.717) is 5.88 Å². The molecule has 1 aliphatic rings. The lowest BCUT2D eigenvalue weighted by molar-refractivity contribution is 0.138. The molecule has 0 saturated heterocycles. The number of sulfonamides is 1. The molecule has 1 aromatic carbocycles. The van der Waals surface area contributed by atoms with Crippen molar-refractivity contribution in [2.75, 3.05) is 0 Å². The zero-order valence-corrected chi connectivity index (χ0v) is 16.1. The van der Waals surface area contributed by atoms with E-state index < -0.39 is 10.0 Å². The van der Waals surface area contributed by atoms with Crippen LogP contribution in [0.25, 0.3) is 0 Å². The van der Waals surface area contributed by atoms with E-state index in [4.69, 9.17) is 4.74 Å². The highest BCUT2D eigenvalue weighted by molar-refractivity contribution is 7.88. The predicted molar refractivity (Wildman–Crippen MR) is 103 cm³/mol. The van der Waals surface area contributed by atoms with Gasteiger partial charge >= 0.3 is 0 Å². The fourth-order valence-electron chi connectivity index (χ4n) is 3.31. The summed E-state index contributed by atoms with van der Waals surface area (Å²) in [6.45, 7) is 3.96. The largest absolute Gasteiger partial charge is 0.474 e. The molecule has 0 radical (unpaired) electrons. The molecule has 140 valence electrons. The lowest BCUT2D eigenvalue weighted by Crippen LogP contribution is -2.40. The molecule has 0 spiro atoms. The molecule has 0 atom stereocenters. The van der Waals surface area contributed by atoms with E-state index in [2.05, 4.69) is 9.71 Å². The monoisotopic (exact) mass is 374 g/mol. The van der Waals surface area contributed by atoms with Gasteiger partial charge in [-0.15, -0.1) is 0 Å². The Morgan fingerprint density at radius 1 is 1.08 bits per heavy atom. The molecule has 0 bridgehead atoms. The van der Waals surface area contributed by atoms with Crippen molar-refractivity contribution in [1.29, 1.82) is 0 Å². The molecule has 2 aromatic rings. The number of hydrogen-bond donors (Lipinski definition) is 1. The summed E-state index contributed by atoms with van der Waals surface area (Å²) in [5, 5.41) is 0. The Bertz CT molecular complexity index is 826. The van der Waals surface area contributed by atoms with Gasteiger partial charge < -0.3 is 4.74 Å². The van der Waals surface area contributed by atoms with Crippen LogP contribution in [0, 0.1) is 13.8 Å². The minimum absolute atomic E-state index is 0.0179. The Morgan fingerprint density at radius 2 is 1.85 bits per heavy atom. The van der Waals surface area contributed by atoms with E-state index >= 15 is 0 Å². The third kappa shape index (κ3) is 5.54. The Labute approximate surface area is 155 Å². The van der Waals surface area contributed by atoms with Gasteiger partial charge in [-0.25, -0.2) is 18.1 Å². The zero-order chi connectivity index (χ0) is 18.6. The van der Waals surface area contributed by atoms with Crippen molar-refractivity contribution in [1.82, 2.24) is 9.71 Å². The predicted octanol–water partition coefficient (Wildman–Crippen LogP) is 3.51. The molecule has 1 fully saturated rings.